The van der Waals surface area contributed by atoms with Gasteiger partial charge >= 0.3 is 0 Å². The monoisotopic (exact) mass is 582 g/mol. The molecular weight excluding hydrogens is 568 g/mol. The number of halogens is 8. The summed E-state index contributed by atoms with van der Waals surface area (Å²) in [6.07, 6.45) is 0. The van der Waals surface area contributed by atoms with E-state index >= 15 is 35.1 Å². The summed E-state index contributed by atoms with van der Waals surface area (Å²) in [6.45, 7) is 0. The maximum atomic E-state index is 15.2. The van der Waals surface area contributed by atoms with Crippen LogP contribution in [-0.4, -0.2) is 0 Å². The molecule has 0 atom stereocenters. The molecule has 42 heavy (non-hydrogen) atoms. The zero-order chi connectivity index (χ0) is 29.7. The number of hydrogen-bond donors (Lipinski definition) is 0. The van der Waals surface area contributed by atoms with Gasteiger partial charge < -0.3 is 9.47 Å². The van der Waals surface area contributed by atoms with Gasteiger partial charge in [-0.25, -0.2) is 17.6 Å². The van der Waals surface area contributed by atoms with Crippen LogP contribution < -0.4 is 9.47 Å². The van der Waals surface area contributed by atoms with Gasteiger partial charge in [-0.15, -0.1) is 0 Å². The molecule has 0 aliphatic rings. The van der Waals surface area contributed by atoms with Crippen LogP contribution in [0.15, 0.2) is 84.9 Å². The molecule has 6 rings (SSSR count). The van der Waals surface area contributed by atoms with Gasteiger partial charge in [-0.1, -0.05) is 72.8 Å². The van der Waals surface area contributed by atoms with Gasteiger partial charge in [0.1, 0.15) is 11.5 Å². The zero-order valence-corrected chi connectivity index (χ0v) is 20.9. The van der Waals surface area contributed by atoms with E-state index in [1.807, 2.05) is 0 Å². The Hall–Kier alpha value is -5.12. The highest BCUT2D eigenvalue weighted by atomic mass is 19.2. The van der Waals surface area contributed by atoms with Crippen molar-refractivity contribution in [2.24, 2.45) is 0 Å². The van der Waals surface area contributed by atoms with Gasteiger partial charge in [-0.3, -0.25) is 0 Å². The van der Waals surface area contributed by atoms with Crippen LogP contribution in [0.4, 0.5) is 35.1 Å². The van der Waals surface area contributed by atoms with Crippen LogP contribution in [0, 0.1) is 46.5 Å². The van der Waals surface area contributed by atoms with Crippen LogP contribution in [0.2, 0.25) is 0 Å². The summed E-state index contributed by atoms with van der Waals surface area (Å²) in [4.78, 5) is 0. The maximum absolute atomic E-state index is 15.2. The van der Waals surface area contributed by atoms with Crippen molar-refractivity contribution in [3.8, 4) is 34.1 Å². The van der Waals surface area contributed by atoms with Crippen LogP contribution in [0.3, 0.4) is 0 Å². The first-order chi connectivity index (χ1) is 20.2. The summed E-state index contributed by atoms with van der Waals surface area (Å²) in [7, 11) is 0. The quantitative estimate of drug-likeness (QED) is 0.149. The topological polar surface area (TPSA) is 18.5 Å². The van der Waals surface area contributed by atoms with Crippen LogP contribution in [-0.2, 0) is 0 Å². The average molecular weight is 582 g/mol. The smallest absolute Gasteiger partial charge is 0.205 e. The lowest BCUT2D eigenvalue weighted by Gasteiger charge is -2.17. The molecule has 2 nitrogen and oxygen atoms in total. The molecule has 0 amide bonds. The van der Waals surface area contributed by atoms with Gasteiger partial charge in [0, 0.05) is 10.8 Å². The van der Waals surface area contributed by atoms with Crippen molar-refractivity contribution >= 4 is 21.5 Å². The minimum Gasteiger partial charge on any atom is -0.450 e. The van der Waals surface area contributed by atoms with Crippen molar-refractivity contribution in [2.45, 2.75) is 0 Å². The molecule has 0 unspecified atom stereocenters. The van der Waals surface area contributed by atoms with E-state index in [0.717, 1.165) is 0 Å². The van der Waals surface area contributed by atoms with Gasteiger partial charge in [0.15, 0.2) is 23.3 Å². The summed E-state index contributed by atoms with van der Waals surface area (Å²) in [6, 6.07) is 21.5. The number of ether oxygens (including phenoxy) is 2. The predicted molar refractivity (Wildman–Crippen MR) is 140 cm³/mol. The fourth-order valence-corrected chi connectivity index (χ4v) is 4.63. The predicted octanol–water partition coefficient (Wildman–Crippen LogP) is 10.4. The van der Waals surface area contributed by atoms with E-state index in [-0.39, 0.29) is 11.5 Å². The molecule has 0 radical (unpaired) electrons. The molecule has 0 fully saturated rings. The average Bonchev–Trinajstić information content (AvgIpc) is 3.01. The largest absolute Gasteiger partial charge is 0.450 e. The van der Waals surface area contributed by atoms with Crippen LogP contribution in [0.25, 0.3) is 32.7 Å². The normalized spacial score (nSPS) is 11.3. The minimum absolute atomic E-state index is 0.193. The van der Waals surface area contributed by atoms with Crippen molar-refractivity contribution in [2.75, 3.05) is 0 Å². The van der Waals surface area contributed by atoms with Crippen LogP contribution in [0.5, 0.6) is 23.0 Å². The number of benzene rings is 6. The third-order valence-electron chi connectivity index (χ3n) is 6.62. The molecule has 10 heteroatoms. The van der Waals surface area contributed by atoms with Gasteiger partial charge in [-0.2, -0.15) is 17.6 Å². The molecule has 0 aromatic heterocycles. The van der Waals surface area contributed by atoms with Crippen molar-refractivity contribution in [3.05, 3.63) is 131 Å². The molecule has 0 aliphatic carbocycles. The first-order valence-electron chi connectivity index (χ1n) is 12.2. The Balaban J connectivity index is 1.47. The first kappa shape index (κ1) is 27.1. The molecule has 210 valence electrons. The molecule has 0 aliphatic heterocycles. The summed E-state index contributed by atoms with van der Waals surface area (Å²) in [5.74, 6) is -21.6. The molecule has 0 saturated heterocycles. The van der Waals surface area contributed by atoms with Crippen molar-refractivity contribution in [1.29, 1.82) is 0 Å². The second-order valence-electron chi connectivity index (χ2n) is 9.08. The van der Waals surface area contributed by atoms with Gasteiger partial charge in [0.05, 0.1) is 11.1 Å². The Kier molecular flexibility index (Phi) is 6.68. The van der Waals surface area contributed by atoms with Crippen molar-refractivity contribution in [3.63, 3.8) is 0 Å². The Bertz CT molecular complexity index is 1830. The Morgan fingerprint density at radius 3 is 1.00 bits per heavy atom. The van der Waals surface area contributed by atoms with Crippen molar-refractivity contribution in [1.82, 2.24) is 0 Å². The molecular formula is C32H14F8O2. The van der Waals surface area contributed by atoms with E-state index in [0.29, 0.717) is 21.5 Å². The summed E-state index contributed by atoms with van der Waals surface area (Å²) in [5, 5.41) is 1.78. The van der Waals surface area contributed by atoms with Gasteiger partial charge in [-0.05, 0) is 22.9 Å². The molecule has 6 aromatic carbocycles. The van der Waals surface area contributed by atoms with Crippen LogP contribution >= 0.6 is 0 Å². The van der Waals surface area contributed by atoms with Crippen molar-refractivity contribution < 1.29 is 44.6 Å². The Morgan fingerprint density at radius 2 is 0.643 bits per heavy atom. The molecule has 0 heterocycles. The highest BCUT2D eigenvalue weighted by molar-refractivity contribution is 5.89. The summed E-state index contributed by atoms with van der Waals surface area (Å²) in [5.41, 5.74) is -4.03. The van der Waals surface area contributed by atoms with Gasteiger partial charge in [0.25, 0.3) is 0 Å². The lowest BCUT2D eigenvalue weighted by Crippen LogP contribution is -2.09. The lowest BCUT2D eigenvalue weighted by molar-refractivity contribution is 0.362. The second kappa shape index (κ2) is 10.4. The first-order valence-corrected chi connectivity index (χ1v) is 12.2. The molecule has 0 spiro atoms. The maximum Gasteiger partial charge on any atom is 0.205 e. The molecule has 6 aromatic rings. The summed E-state index contributed by atoms with van der Waals surface area (Å²) >= 11 is 0. The Labute approximate surface area is 232 Å². The zero-order valence-electron chi connectivity index (χ0n) is 20.9. The fraction of sp³-hybridized carbons (Fsp3) is 0. The standard InChI is InChI=1S/C32H14F8O2/c33-23-21(24(34)28(38)31(27(23)37)41-19-13-5-9-15-7-1-3-11-17(15)19)22-25(35)29(39)32(30(40)26(22)36)42-20-14-6-10-16-8-2-4-12-18(16)20/h1-14H. The third kappa shape index (κ3) is 4.27. The number of hydrogen-bond acceptors (Lipinski definition) is 2. The molecule has 0 bridgehead atoms. The second-order valence-corrected chi connectivity index (χ2v) is 9.08. The van der Waals surface area contributed by atoms with E-state index in [4.69, 9.17) is 9.47 Å². The highest BCUT2D eigenvalue weighted by Crippen LogP contribution is 2.44. The third-order valence-corrected chi connectivity index (χ3v) is 6.62. The van der Waals surface area contributed by atoms with E-state index in [1.165, 1.54) is 36.4 Å². The van der Waals surface area contributed by atoms with E-state index in [9.17, 15) is 0 Å². The Morgan fingerprint density at radius 1 is 0.333 bits per heavy atom. The highest BCUT2D eigenvalue weighted by Gasteiger charge is 2.35. The SMILES string of the molecule is Fc1c(F)c(-c2c(F)c(F)c(Oc3cccc4ccccc34)c(F)c2F)c(F)c(F)c1Oc1cccc2ccccc12. The minimum atomic E-state index is -2.34. The fourth-order valence-electron chi connectivity index (χ4n) is 4.63. The number of fused-ring (bicyclic) bond motifs is 2. The van der Waals surface area contributed by atoms with Crippen LogP contribution in [0.1, 0.15) is 0 Å². The lowest BCUT2D eigenvalue weighted by atomic mass is 10.0. The van der Waals surface area contributed by atoms with E-state index < -0.39 is 69.2 Å². The van der Waals surface area contributed by atoms with E-state index in [1.54, 1.807) is 48.5 Å². The molecule has 0 saturated carbocycles. The number of rotatable bonds is 5. The molecule has 0 N–H and O–H groups in total. The summed E-state index contributed by atoms with van der Waals surface area (Å²) < 4.78 is 131. The van der Waals surface area contributed by atoms with E-state index in [2.05, 4.69) is 0 Å². The van der Waals surface area contributed by atoms with Gasteiger partial charge in [0.2, 0.25) is 34.8 Å².